The topological polar surface area (TPSA) is 73.1 Å². The SMILES string of the molecule is Nc1cccc(OCCNc2nc(C3CC3)ns2)c1. The number of nitrogens with two attached hydrogens (primary N) is 1. The van der Waals surface area contributed by atoms with Crippen molar-refractivity contribution in [2.45, 2.75) is 18.8 Å². The molecule has 1 aromatic heterocycles. The van der Waals surface area contributed by atoms with E-state index >= 15 is 0 Å². The summed E-state index contributed by atoms with van der Waals surface area (Å²) in [6, 6.07) is 7.43. The molecule has 3 N–H and O–H groups in total. The summed E-state index contributed by atoms with van der Waals surface area (Å²) in [4.78, 5) is 4.45. The number of nitrogens with one attached hydrogen (secondary N) is 1. The first-order valence-electron chi connectivity index (χ1n) is 6.37. The highest BCUT2D eigenvalue weighted by Gasteiger charge is 2.27. The second-order valence-electron chi connectivity index (χ2n) is 4.58. The van der Waals surface area contributed by atoms with E-state index in [1.807, 2.05) is 24.3 Å². The standard InChI is InChI=1S/C13H16N4OS/c14-10-2-1-3-11(8-10)18-7-6-15-13-16-12(17-19-13)9-4-5-9/h1-3,8-9H,4-7,14H2,(H,15,16,17). The van der Waals surface area contributed by atoms with Crippen LogP contribution < -0.4 is 15.8 Å². The smallest absolute Gasteiger partial charge is 0.202 e. The van der Waals surface area contributed by atoms with Gasteiger partial charge in [-0.2, -0.15) is 4.37 Å². The normalized spacial score (nSPS) is 14.3. The van der Waals surface area contributed by atoms with E-state index in [9.17, 15) is 0 Å². The van der Waals surface area contributed by atoms with E-state index in [2.05, 4.69) is 14.7 Å². The Hall–Kier alpha value is -1.82. The first-order chi connectivity index (χ1) is 9.31. The van der Waals surface area contributed by atoms with Gasteiger partial charge in [-0.05, 0) is 25.0 Å². The third-order valence-electron chi connectivity index (χ3n) is 2.89. The van der Waals surface area contributed by atoms with Crippen LogP contribution in [0.15, 0.2) is 24.3 Å². The van der Waals surface area contributed by atoms with Crippen LogP contribution >= 0.6 is 11.5 Å². The number of rotatable bonds is 6. The highest BCUT2D eigenvalue weighted by atomic mass is 32.1. The predicted octanol–water partition coefficient (Wildman–Crippen LogP) is 2.49. The van der Waals surface area contributed by atoms with Crippen LogP contribution in [0.3, 0.4) is 0 Å². The summed E-state index contributed by atoms with van der Waals surface area (Å²) < 4.78 is 9.93. The van der Waals surface area contributed by atoms with Crippen molar-refractivity contribution in [1.82, 2.24) is 9.36 Å². The summed E-state index contributed by atoms with van der Waals surface area (Å²) in [5.74, 6) is 2.39. The minimum Gasteiger partial charge on any atom is -0.492 e. The van der Waals surface area contributed by atoms with Crippen LogP contribution in [0.5, 0.6) is 5.75 Å². The Morgan fingerprint density at radius 1 is 1.42 bits per heavy atom. The van der Waals surface area contributed by atoms with Crippen molar-refractivity contribution >= 4 is 22.4 Å². The number of hydrogen-bond acceptors (Lipinski definition) is 6. The molecule has 0 bridgehead atoms. The van der Waals surface area contributed by atoms with Gasteiger partial charge in [-0.15, -0.1) is 0 Å². The van der Waals surface area contributed by atoms with Gasteiger partial charge in [-0.1, -0.05) is 6.07 Å². The van der Waals surface area contributed by atoms with Gasteiger partial charge < -0.3 is 15.8 Å². The number of ether oxygens (including phenoxy) is 1. The van der Waals surface area contributed by atoms with E-state index in [1.54, 1.807) is 0 Å². The molecule has 0 saturated heterocycles. The molecule has 1 aromatic carbocycles. The molecule has 0 unspecified atom stereocenters. The Balaban J connectivity index is 1.42. The molecule has 0 spiro atoms. The van der Waals surface area contributed by atoms with E-state index in [4.69, 9.17) is 10.5 Å². The van der Waals surface area contributed by atoms with Gasteiger partial charge in [0.05, 0.1) is 6.54 Å². The molecular formula is C13H16N4OS. The fraction of sp³-hybridized carbons (Fsp3) is 0.385. The van der Waals surface area contributed by atoms with Crippen molar-refractivity contribution < 1.29 is 4.74 Å². The van der Waals surface area contributed by atoms with Gasteiger partial charge in [0.2, 0.25) is 5.13 Å². The molecule has 0 radical (unpaired) electrons. The molecule has 2 aromatic rings. The van der Waals surface area contributed by atoms with Gasteiger partial charge in [0.1, 0.15) is 18.2 Å². The van der Waals surface area contributed by atoms with Gasteiger partial charge in [-0.25, -0.2) is 4.98 Å². The number of nitrogens with zero attached hydrogens (tertiary/aromatic N) is 2. The molecule has 0 aliphatic heterocycles. The summed E-state index contributed by atoms with van der Waals surface area (Å²) in [5, 5.41) is 4.09. The Kier molecular flexibility index (Phi) is 3.50. The maximum absolute atomic E-state index is 5.68. The molecular weight excluding hydrogens is 260 g/mol. The minimum atomic E-state index is 0.571. The third-order valence-corrected chi connectivity index (χ3v) is 3.58. The maximum Gasteiger partial charge on any atom is 0.202 e. The number of nitrogen functional groups attached to an aromatic ring is 1. The van der Waals surface area contributed by atoms with E-state index < -0.39 is 0 Å². The molecule has 100 valence electrons. The number of aromatic nitrogens is 2. The second kappa shape index (κ2) is 5.44. The molecule has 0 atom stereocenters. The van der Waals surface area contributed by atoms with Gasteiger partial charge >= 0.3 is 0 Å². The second-order valence-corrected chi connectivity index (χ2v) is 5.33. The summed E-state index contributed by atoms with van der Waals surface area (Å²) in [7, 11) is 0. The zero-order valence-electron chi connectivity index (χ0n) is 10.5. The molecule has 1 heterocycles. The van der Waals surface area contributed by atoms with Gasteiger partial charge in [0.25, 0.3) is 0 Å². The van der Waals surface area contributed by atoms with Gasteiger partial charge in [0.15, 0.2) is 0 Å². The summed E-state index contributed by atoms with van der Waals surface area (Å²) in [5.41, 5.74) is 6.39. The first-order valence-corrected chi connectivity index (χ1v) is 7.14. The van der Waals surface area contributed by atoms with Crippen LogP contribution in [0.1, 0.15) is 24.6 Å². The lowest BCUT2D eigenvalue weighted by atomic mass is 10.3. The zero-order chi connectivity index (χ0) is 13.1. The summed E-state index contributed by atoms with van der Waals surface area (Å²) >= 11 is 1.42. The molecule has 5 nitrogen and oxygen atoms in total. The van der Waals surface area contributed by atoms with Crippen molar-refractivity contribution in [2.24, 2.45) is 0 Å². The number of anilines is 2. The Morgan fingerprint density at radius 2 is 2.32 bits per heavy atom. The minimum absolute atomic E-state index is 0.571. The lowest BCUT2D eigenvalue weighted by Crippen LogP contribution is -2.11. The quantitative estimate of drug-likeness (QED) is 0.626. The van der Waals surface area contributed by atoms with Crippen LogP contribution in [0.25, 0.3) is 0 Å². The number of hydrogen-bond donors (Lipinski definition) is 2. The molecule has 6 heteroatoms. The van der Waals surface area contributed by atoms with Crippen LogP contribution in [0.2, 0.25) is 0 Å². The highest BCUT2D eigenvalue weighted by molar-refractivity contribution is 7.09. The lowest BCUT2D eigenvalue weighted by Gasteiger charge is -2.06. The maximum atomic E-state index is 5.68. The average molecular weight is 276 g/mol. The Morgan fingerprint density at radius 3 is 3.11 bits per heavy atom. The monoisotopic (exact) mass is 276 g/mol. The average Bonchev–Trinajstić information content (AvgIpc) is 3.15. The van der Waals surface area contributed by atoms with Crippen LogP contribution in [0.4, 0.5) is 10.8 Å². The van der Waals surface area contributed by atoms with Crippen molar-refractivity contribution in [2.75, 3.05) is 24.2 Å². The molecule has 1 aliphatic carbocycles. The summed E-state index contributed by atoms with van der Waals surface area (Å²) in [6.45, 7) is 1.27. The molecule has 1 saturated carbocycles. The largest absolute Gasteiger partial charge is 0.492 e. The van der Waals surface area contributed by atoms with Crippen molar-refractivity contribution in [3.8, 4) is 5.75 Å². The van der Waals surface area contributed by atoms with E-state index in [0.29, 0.717) is 24.8 Å². The van der Waals surface area contributed by atoms with Crippen molar-refractivity contribution in [1.29, 1.82) is 0 Å². The first kappa shape index (κ1) is 12.2. The van der Waals surface area contributed by atoms with Crippen molar-refractivity contribution in [3.05, 3.63) is 30.1 Å². The van der Waals surface area contributed by atoms with Crippen LogP contribution in [-0.2, 0) is 0 Å². The fourth-order valence-electron chi connectivity index (χ4n) is 1.75. The lowest BCUT2D eigenvalue weighted by molar-refractivity contribution is 0.333. The molecule has 19 heavy (non-hydrogen) atoms. The Labute approximate surface area is 116 Å². The molecule has 1 fully saturated rings. The van der Waals surface area contributed by atoms with E-state index in [-0.39, 0.29) is 0 Å². The van der Waals surface area contributed by atoms with Crippen molar-refractivity contribution in [3.63, 3.8) is 0 Å². The zero-order valence-corrected chi connectivity index (χ0v) is 11.3. The van der Waals surface area contributed by atoms with Crippen LogP contribution in [0, 0.1) is 0 Å². The highest BCUT2D eigenvalue weighted by Crippen LogP contribution is 2.39. The summed E-state index contributed by atoms with van der Waals surface area (Å²) in [6.07, 6.45) is 2.46. The predicted molar refractivity (Wildman–Crippen MR) is 76.7 cm³/mol. The van der Waals surface area contributed by atoms with E-state index in [0.717, 1.165) is 16.7 Å². The molecule has 3 rings (SSSR count). The number of benzene rings is 1. The fourth-order valence-corrected chi connectivity index (χ4v) is 2.42. The van der Waals surface area contributed by atoms with E-state index in [1.165, 1.54) is 24.4 Å². The molecule has 1 aliphatic rings. The van der Waals surface area contributed by atoms with Gasteiger partial charge in [0, 0.05) is 29.2 Å². The Bertz CT molecular complexity index is 553. The van der Waals surface area contributed by atoms with Crippen LogP contribution in [-0.4, -0.2) is 22.5 Å². The van der Waals surface area contributed by atoms with Gasteiger partial charge in [-0.3, -0.25) is 0 Å². The molecule has 0 amide bonds. The third kappa shape index (κ3) is 3.35.